The predicted octanol–water partition coefficient (Wildman–Crippen LogP) is 2.75. The van der Waals surface area contributed by atoms with Crippen LogP contribution in [-0.2, 0) is 20.9 Å². The van der Waals surface area contributed by atoms with E-state index in [1.807, 2.05) is 28.8 Å². The van der Waals surface area contributed by atoms with E-state index in [1.165, 1.54) is 0 Å². The van der Waals surface area contributed by atoms with Gasteiger partial charge in [0.05, 0.1) is 19.7 Å². The minimum atomic E-state index is -0.0981. The summed E-state index contributed by atoms with van der Waals surface area (Å²) in [6.07, 6.45) is 7.76. The molecule has 1 amide bonds. The fourth-order valence-electron chi connectivity index (χ4n) is 4.40. The highest BCUT2D eigenvalue weighted by Crippen LogP contribution is 2.42. The standard InChI is InChI=1S/C20H28N2O3S/c23-19(17-5-11-26-12-6-17)22-14-20(15-22)18(4-10-25-20)3-9-24-13-16-1-7-21-8-2-16/h1-2,7-8,17-18H,3-6,9-15H2/t18-/m0/s1. The van der Waals surface area contributed by atoms with Gasteiger partial charge in [-0.3, -0.25) is 9.78 Å². The van der Waals surface area contributed by atoms with E-state index in [-0.39, 0.29) is 11.5 Å². The molecular weight excluding hydrogens is 348 g/mol. The highest BCUT2D eigenvalue weighted by Gasteiger charge is 2.54. The van der Waals surface area contributed by atoms with Crippen molar-refractivity contribution in [1.29, 1.82) is 0 Å². The van der Waals surface area contributed by atoms with Crippen LogP contribution < -0.4 is 0 Å². The second-order valence-corrected chi connectivity index (χ2v) is 8.90. The zero-order chi connectivity index (χ0) is 17.8. The van der Waals surface area contributed by atoms with Gasteiger partial charge in [-0.1, -0.05) is 0 Å². The van der Waals surface area contributed by atoms with Crippen LogP contribution in [0.3, 0.4) is 0 Å². The Hall–Kier alpha value is -1.11. The topological polar surface area (TPSA) is 51.7 Å². The van der Waals surface area contributed by atoms with Gasteiger partial charge in [0.15, 0.2) is 0 Å². The summed E-state index contributed by atoms with van der Waals surface area (Å²) >= 11 is 1.97. The number of hydrogen-bond acceptors (Lipinski definition) is 5. The maximum atomic E-state index is 12.7. The van der Waals surface area contributed by atoms with E-state index >= 15 is 0 Å². The Balaban J connectivity index is 1.22. The SMILES string of the molecule is O=C(C1CCSCC1)N1CC2(C1)OCC[C@@H]2CCOCc1ccncc1. The average molecular weight is 377 g/mol. The van der Waals surface area contributed by atoms with Crippen LogP contribution in [0.5, 0.6) is 0 Å². The highest BCUT2D eigenvalue weighted by atomic mass is 32.2. The Morgan fingerprint density at radius 3 is 2.81 bits per heavy atom. The Bertz CT molecular complexity index is 600. The molecule has 6 heteroatoms. The molecule has 0 unspecified atom stereocenters. The lowest BCUT2D eigenvalue weighted by atomic mass is 9.78. The second-order valence-electron chi connectivity index (χ2n) is 7.68. The van der Waals surface area contributed by atoms with Crippen LogP contribution in [0.2, 0.25) is 0 Å². The molecule has 1 aromatic rings. The van der Waals surface area contributed by atoms with Crippen molar-refractivity contribution in [3.63, 3.8) is 0 Å². The van der Waals surface area contributed by atoms with E-state index in [0.717, 1.165) is 69.1 Å². The number of thioether (sulfide) groups is 1. The van der Waals surface area contributed by atoms with Gasteiger partial charge < -0.3 is 14.4 Å². The summed E-state index contributed by atoms with van der Waals surface area (Å²) in [4.78, 5) is 18.7. The van der Waals surface area contributed by atoms with E-state index in [4.69, 9.17) is 9.47 Å². The Kier molecular flexibility index (Phi) is 5.81. The zero-order valence-corrected chi connectivity index (χ0v) is 16.1. The molecule has 3 fully saturated rings. The average Bonchev–Trinajstić information content (AvgIpc) is 3.09. The first-order chi connectivity index (χ1) is 12.8. The van der Waals surface area contributed by atoms with Gasteiger partial charge >= 0.3 is 0 Å². The number of amides is 1. The first-order valence-corrected chi connectivity index (χ1v) is 10.9. The summed E-state index contributed by atoms with van der Waals surface area (Å²) in [5.41, 5.74) is 1.06. The van der Waals surface area contributed by atoms with Crippen molar-refractivity contribution in [3.8, 4) is 0 Å². The van der Waals surface area contributed by atoms with Gasteiger partial charge in [-0.2, -0.15) is 11.8 Å². The number of carbonyl (C=O) groups excluding carboxylic acids is 1. The third kappa shape index (κ3) is 3.92. The van der Waals surface area contributed by atoms with E-state index in [9.17, 15) is 4.79 Å². The van der Waals surface area contributed by atoms with E-state index in [1.54, 1.807) is 12.4 Å². The Morgan fingerprint density at radius 1 is 1.27 bits per heavy atom. The molecule has 0 aromatic carbocycles. The summed E-state index contributed by atoms with van der Waals surface area (Å²) in [5.74, 6) is 3.37. The number of rotatable bonds is 6. The third-order valence-electron chi connectivity index (χ3n) is 6.03. The van der Waals surface area contributed by atoms with Gasteiger partial charge in [-0.05, 0) is 60.8 Å². The lowest BCUT2D eigenvalue weighted by molar-refractivity contribution is -0.170. The number of ether oxygens (including phenoxy) is 2. The highest BCUT2D eigenvalue weighted by molar-refractivity contribution is 7.99. The van der Waals surface area contributed by atoms with E-state index < -0.39 is 0 Å². The largest absolute Gasteiger partial charge is 0.377 e. The molecule has 3 aliphatic rings. The van der Waals surface area contributed by atoms with Crippen LogP contribution in [0.15, 0.2) is 24.5 Å². The minimum Gasteiger partial charge on any atom is -0.377 e. The number of aromatic nitrogens is 1. The fraction of sp³-hybridized carbons (Fsp3) is 0.700. The third-order valence-corrected chi connectivity index (χ3v) is 7.08. The first kappa shape index (κ1) is 18.3. The van der Waals surface area contributed by atoms with Crippen molar-refractivity contribution >= 4 is 17.7 Å². The maximum absolute atomic E-state index is 12.7. The van der Waals surface area contributed by atoms with Crippen molar-refractivity contribution in [3.05, 3.63) is 30.1 Å². The van der Waals surface area contributed by atoms with Crippen LogP contribution in [0.25, 0.3) is 0 Å². The molecule has 26 heavy (non-hydrogen) atoms. The van der Waals surface area contributed by atoms with Gasteiger partial charge in [0.25, 0.3) is 0 Å². The van der Waals surface area contributed by atoms with Crippen molar-refractivity contribution in [1.82, 2.24) is 9.88 Å². The zero-order valence-electron chi connectivity index (χ0n) is 15.3. The Labute approximate surface area is 159 Å². The van der Waals surface area contributed by atoms with Gasteiger partial charge in [0.2, 0.25) is 5.91 Å². The molecule has 0 N–H and O–H groups in total. The lowest BCUT2D eigenvalue weighted by Crippen LogP contribution is -2.67. The van der Waals surface area contributed by atoms with Crippen molar-refractivity contribution in [2.24, 2.45) is 11.8 Å². The van der Waals surface area contributed by atoms with Gasteiger partial charge in [0.1, 0.15) is 5.60 Å². The molecule has 0 aliphatic carbocycles. The molecule has 0 radical (unpaired) electrons. The monoisotopic (exact) mass is 376 g/mol. The molecule has 0 saturated carbocycles. The quantitative estimate of drug-likeness (QED) is 0.715. The number of nitrogens with zero attached hydrogens (tertiary/aromatic N) is 2. The number of carbonyl (C=O) groups is 1. The van der Waals surface area contributed by atoms with Crippen molar-refractivity contribution < 1.29 is 14.3 Å². The van der Waals surface area contributed by atoms with Crippen LogP contribution in [0.4, 0.5) is 0 Å². The van der Waals surface area contributed by atoms with Crippen molar-refractivity contribution in [2.45, 2.75) is 37.9 Å². The molecule has 3 aliphatic heterocycles. The minimum absolute atomic E-state index is 0.0981. The molecule has 1 aromatic heterocycles. The number of hydrogen-bond donors (Lipinski definition) is 0. The lowest BCUT2D eigenvalue weighted by Gasteiger charge is -2.51. The molecule has 0 bridgehead atoms. The van der Waals surface area contributed by atoms with Gasteiger partial charge in [0, 0.05) is 31.5 Å². The normalized spacial score (nSPS) is 25.4. The molecule has 4 rings (SSSR count). The summed E-state index contributed by atoms with van der Waals surface area (Å²) in [5, 5.41) is 0. The molecule has 142 valence electrons. The van der Waals surface area contributed by atoms with Crippen LogP contribution >= 0.6 is 11.8 Å². The molecule has 5 nitrogen and oxygen atoms in total. The van der Waals surface area contributed by atoms with E-state index in [2.05, 4.69) is 4.98 Å². The number of pyridine rings is 1. The summed E-state index contributed by atoms with van der Waals surface area (Å²) in [6.45, 7) is 3.76. The molecular formula is C20H28N2O3S. The summed E-state index contributed by atoms with van der Waals surface area (Å²) < 4.78 is 12.0. The van der Waals surface area contributed by atoms with Crippen LogP contribution in [0.1, 0.15) is 31.2 Å². The fourth-order valence-corrected chi connectivity index (χ4v) is 5.50. The second kappa shape index (κ2) is 8.28. The molecule has 1 spiro atoms. The summed E-state index contributed by atoms with van der Waals surface area (Å²) in [7, 11) is 0. The van der Waals surface area contributed by atoms with Crippen LogP contribution in [-0.4, -0.2) is 59.2 Å². The number of likely N-dealkylation sites (tertiary alicyclic amines) is 1. The molecule has 1 atom stereocenters. The first-order valence-electron chi connectivity index (χ1n) is 9.74. The van der Waals surface area contributed by atoms with Crippen LogP contribution in [0, 0.1) is 11.8 Å². The molecule has 3 saturated heterocycles. The Morgan fingerprint density at radius 2 is 2.04 bits per heavy atom. The predicted molar refractivity (Wildman–Crippen MR) is 102 cm³/mol. The van der Waals surface area contributed by atoms with Crippen molar-refractivity contribution in [2.75, 3.05) is 37.8 Å². The molecule has 4 heterocycles. The van der Waals surface area contributed by atoms with Gasteiger partial charge in [-0.15, -0.1) is 0 Å². The summed E-state index contributed by atoms with van der Waals surface area (Å²) in [6, 6.07) is 3.97. The van der Waals surface area contributed by atoms with Gasteiger partial charge in [-0.25, -0.2) is 0 Å². The van der Waals surface area contributed by atoms with E-state index in [0.29, 0.717) is 18.4 Å². The smallest absolute Gasteiger partial charge is 0.225 e. The maximum Gasteiger partial charge on any atom is 0.225 e.